The molecule has 3 heterocycles. The summed E-state index contributed by atoms with van der Waals surface area (Å²) in [4.78, 5) is 20.3. The van der Waals surface area contributed by atoms with Crippen molar-refractivity contribution in [1.82, 2.24) is 19.9 Å². The van der Waals surface area contributed by atoms with E-state index in [-0.39, 0.29) is 0 Å². The summed E-state index contributed by atoms with van der Waals surface area (Å²) >= 11 is 3.53. The Balaban J connectivity index is 1.15. The van der Waals surface area contributed by atoms with Gasteiger partial charge in [0, 0.05) is 42.4 Å². The number of para-hydroxylation sites is 1. The van der Waals surface area contributed by atoms with Crippen LogP contribution in [0.3, 0.4) is 0 Å². The van der Waals surface area contributed by atoms with Crippen LogP contribution in [0.1, 0.15) is 0 Å². The number of hydrogen-bond acceptors (Lipinski definition) is 6. The SMILES string of the molecule is c1ccc(-c2ccc(-c3nc(-c4ccccc4)nc(-c4cccc5sc6cccc(-c7cccc(-c8nc9ccccc9s8)c7)c6c45)n3)cc2)cc1. The van der Waals surface area contributed by atoms with Gasteiger partial charge < -0.3 is 0 Å². The topological polar surface area (TPSA) is 51.6 Å². The van der Waals surface area contributed by atoms with Crippen molar-refractivity contribution in [3.8, 4) is 67.0 Å². The van der Waals surface area contributed by atoms with E-state index in [1.165, 1.54) is 30.6 Å². The highest BCUT2D eigenvalue weighted by molar-refractivity contribution is 7.26. The Morgan fingerprint density at radius 2 is 0.808 bits per heavy atom. The zero-order valence-corrected chi connectivity index (χ0v) is 29.4. The monoisotopic (exact) mass is 700 g/mol. The number of aromatic nitrogens is 4. The third-order valence-electron chi connectivity index (χ3n) is 9.40. The largest absolute Gasteiger partial charge is 0.236 e. The van der Waals surface area contributed by atoms with Gasteiger partial charge in [0.1, 0.15) is 5.01 Å². The van der Waals surface area contributed by atoms with E-state index < -0.39 is 0 Å². The molecule has 244 valence electrons. The highest BCUT2D eigenvalue weighted by Gasteiger charge is 2.19. The van der Waals surface area contributed by atoms with Gasteiger partial charge in [-0.05, 0) is 52.6 Å². The standard InChI is InChI=1S/C46H28N4S2/c1-3-12-29(13-4-1)30-24-26-32(27-25-30)44-48-43(31-14-5-2-6-15-31)49-45(50-44)36-19-11-23-40-42(36)41-35(18-10-22-39(41)51-40)33-16-9-17-34(28-33)46-47-37-20-7-8-21-38(37)52-46/h1-28H. The van der Waals surface area contributed by atoms with Gasteiger partial charge in [-0.15, -0.1) is 22.7 Å². The average Bonchev–Trinajstić information content (AvgIpc) is 3.84. The van der Waals surface area contributed by atoms with Crippen molar-refractivity contribution < 1.29 is 0 Å². The molecule has 52 heavy (non-hydrogen) atoms. The molecule has 0 aliphatic rings. The average molecular weight is 701 g/mol. The Bertz CT molecular complexity index is 2860. The van der Waals surface area contributed by atoms with E-state index in [4.69, 9.17) is 19.9 Å². The lowest BCUT2D eigenvalue weighted by Gasteiger charge is -2.11. The zero-order valence-electron chi connectivity index (χ0n) is 27.8. The van der Waals surface area contributed by atoms with E-state index >= 15 is 0 Å². The normalized spacial score (nSPS) is 11.5. The van der Waals surface area contributed by atoms with Crippen LogP contribution in [0.4, 0.5) is 0 Å². The first-order chi connectivity index (χ1) is 25.7. The Hall–Kier alpha value is -6.34. The molecule has 0 aliphatic heterocycles. The van der Waals surface area contributed by atoms with Crippen molar-refractivity contribution in [2.75, 3.05) is 0 Å². The molecule has 0 unspecified atom stereocenters. The highest BCUT2D eigenvalue weighted by Crippen LogP contribution is 2.45. The molecule has 7 aromatic carbocycles. The first-order valence-corrected chi connectivity index (χ1v) is 18.8. The van der Waals surface area contributed by atoms with Crippen molar-refractivity contribution in [2.24, 2.45) is 0 Å². The van der Waals surface area contributed by atoms with Crippen LogP contribution in [0, 0.1) is 0 Å². The molecule has 0 bridgehead atoms. The van der Waals surface area contributed by atoms with Gasteiger partial charge in [0.2, 0.25) is 0 Å². The molecule has 4 nitrogen and oxygen atoms in total. The summed E-state index contributed by atoms with van der Waals surface area (Å²) in [6, 6.07) is 59.2. The van der Waals surface area contributed by atoms with Gasteiger partial charge >= 0.3 is 0 Å². The summed E-state index contributed by atoms with van der Waals surface area (Å²) in [6.45, 7) is 0. The molecule has 10 rings (SSSR count). The fraction of sp³-hybridized carbons (Fsp3) is 0. The van der Waals surface area contributed by atoms with Crippen LogP contribution >= 0.6 is 22.7 Å². The maximum Gasteiger partial charge on any atom is 0.164 e. The molecular formula is C46H28N4S2. The van der Waals surface area contributed by atoms with Crippen LogP contribution in [-0.2, 0) is 0 Å². The zero-order chi connectivity index (χ0) is 34.4. The number of nitrogens with zero attached hydrogens (tertiary/aromatic N) is 4. The van der Waals surface area contributed by atoms with Gasteiger partial charge in [-0.3, -0.25) is 0 Å². The van der Waals surface area contributed by atoms with Crippen molar-refractivity contribution in [1.29, 1.82) is 0 Å². The summed E-state index contributed by atoms with van der Waals surface area (Å²) in [6.07, 6.45) is 0. The molecule has 0 amide bonds. The van der Waals surface area contributed by atoms with Crippen LogP contribution in [-0.4, -0.2) is 19.9 Å². The summed E-state index contributed by atoms with van der Waals surface area (Å²) in [5, 5.41) is 3.38. The first-order valence-electron chi connectivity index (χ1n) is 17.1. The number of thiazole rings is 1. The minimum Gasteiger partial charge on any atom is -0.236 e. The van der Waals surface area contributed by atoms with Crippen LogP contribution in [0.15, 0.2) is 170 Å². The molecule has 3 aromatic heterocycles. The molecule has 0 N–H and O–H groups in total. The van der Waals surface area contributed by atoms with Gasteiger partial charge in [0.05, 0.1) is 10.2 Å². The molecule has 0 spiro atoms. The van der Waals surface area contributed by atoms with Crippen LogP contribution in [0.2, 0.25) is 0 Å². The highest BCUT2D eigenvalue weighted by atomic mass is 32.1. The van der Waals surface area contributed by atoms with Gasteiger partial charge in [-0.2, -0.15) is 0 Å². The van der Waals surface area contributed by atoms with E-state index in [1.807, 2.05) is 30.3 Å². The number of rotatable bonds is 6. The summed E-state index contributed by atoms with van der Waals surface area (Å²) in [7, 11) is 0. The molecule has 0 atom stereocenters. The van der Waals surface area contributed by atoms with E-state index in [0.717, 1.165) is 49.3 Å². The molecule has 0 saturated heterocycles. The Morgan fingerprint density at radius 3 is 1.54 bits per heavy atom. The van der Waals surface area contributed by atoms with Crippen molar-refractivity contribution in [3.05, 3.63) is 170 Å². The fourth-order valence-electron chi connectivity index (χ4n) is 6.89. The number of benzene rings is 7. The second-order valence-electron chi connectivity index (χ2n) is 12.6. The lowest BCUT2D eigenvalue weighted by Crippen LogP contribution is -2.00. The Morgan fingerprint density at radius 1 is 0.308 bits per heavy atom. The maximum absolute atomic E-state index is 5.19. The molecular weight excluding hydrogens is 673 g/mol. The minimum atomic E-state index is 0.642. The quantitative estimate of drug-likeness (QED) is 0.173. The van der Waals surface area contributed by atoms with Gasteiger partial charge in [0.25, 0.3) is 0 Å². The molecule has 0 aliphatic carbocycles. The summed E-state index contributed by atoms with van der Waals surface area (Å²) < 4.78 is 3.61. The minimum absolute atomic E-state index is 0.642. The predicted molar refractivity (Wildman–Crippen MR) is 219 cm³/mol. The van der Waals surface area contributed by atoms with Crippen molar-refractivity contribution in [2.45, 2.75) is 0 Å². The van der Waals surface area contributed by atoms with Crippen molar-refractivity contribution >= 4 is 53.1 Å². The van der Waals surface area contributed by atoms with Crippen molar-refractivity contribution in [3.63, 3.8) is 0 Å². The summed E-state index contributed by atoms with van der Waals surface area (Å²) in [5.41, 5.74) is 9.66. The third-order valence-corrected chi connectivity index (χ3v) is 11.6. The maximum atomic E-state index is 5.19. The van der Waals surface area contributed by atoms with E-state index in [0.29, 0.717) is 17.5 Å². The van der Waals surface area contributed by atoms with Crippen LogP contribution < -0.4 is 0 Å². The Kier molecular flexibility index (Phi) is 7.48. The van der Waals surface area contributed by atoms with Gasteiger partial charge in [-0.25, -0.2) is 19.9 Å². The lowest BCUT2D eigenvalue weighted by molar-refractivity contribution is 1.08. The second-order valence-corrected chi connectivity index (χ2v) is 14.8. The molecule has 0 saturated carbocycles. The molecule has 10 aromatic rings. The van der Waals surface area contributed by atoms with Gasteiger partial charge in [0.15, 0.2) is 17.5 Å². The predicted octanol–water partition coefficient (Wildman–Crippen LogP) is 12.9. The van der Waals surface area contributed by atoms with Crippen LogP contribution in [0.25, 0.3) is 97.4 Å². The third kappa shape index (κ3) is 5.46. The van der Waals surface area contributed by atoms with Crippen LogP contribution in [0.5, 0.6) is 0 Å². The number of fused-ring (bicyclic) bond motifs is 4. The van der Waals surface area contributed by atoms with E-state index in [9.17, 15) is 0 Å². The first kappa shape index (κ1) is 30.5. The lowest BCUT2D eigenvalue weighted by atomic mass is 9.96. The second kappa shape index (κ2) is 12.8. The summed E-state index contributed by atoms with van der Waals surface area (Å²) in [5.74, 6) is 1.94. The number of thiophene rings is 1. The van der Waals surface area contributed by atoms with E-state index in [2.05, 4.69) is 140 Å². The fourth-order valence-corrected chi connectivity index (χ4v) is 9.01. The van der Waals surface area contributed by atoms with Gasteiger partial charge in [-0.1, -0.05) is 140 Å². The Labute approximate surface area is 308 Å². The smallest absolute Gasteiger partial charge is 0.164 e. The number of hydrogen-bond donors (Lipinski definition) is 0. The molecule has 0 radical (unpaired) electrons. The molecule has 6 heteroatoms. The van der Waals surface area contributed by atoms with E-state index in [1.54, 1.807) is 22.7 Å². The molecule has 0 fully saturated rings.